The van der Waals surface area contributed by atoms with Crippen molar-refractivity contribution in [2.75, 3.05) is 11.9 Å². The van der Waals surface area contributed by atoms with Crippen LogP contribution in [0.5, 0.6) is 11.5 Å². The Labute approximate surface area is 228 Å². The van der Waals surface area contributed by atoms with Crippen LogP contribution < -0.4 is 10.1 Å². The Morgan fingerprint density at radius 3 is 2.47 bits per heavy atom. The second-order valence-electron chi connectivity index (χ2n) is 8.12. The number of phenols is 1. The van der Waals surface area contributed by atoms with Gasteiger partial charge in [-0.2, -0.15) is 8.42 Å². The Bertz CT molecular complexity index is 1710. The predicted octanol–water partition coefficient (Wildman–Crippen LogP) is 7.47. The topological polar surface area (TPSA) is 138 Å². The normalized spacial score (nSPS) is 11.7. The maximum absolute atomic E-state index is 13.2. The van der Waals surface area contributed by atoms with Gasteiger partial charge in [-0.05, 0) is 55.1 Å². The van der Waals surface area contributed by atoms with Crippen molar-refractivity contribution in [3.05, 3.63) is 81.8 Å². The van der Waals surface area contributed by atoms with E-state index in [-0.39, 0.29) is 43.1 Å². The van der Waals surface area contributed by atoms with Crippen molar-refractivity contribution < 1.29 is 27.6 Å². The number of fused-ring (bicyclic) bond motifs is 1. The molecule has 1 amide bonds. The lowest BCUT2D eigenvalue weighted by atomic mass is 10.0. The standard InChI is InChI=1S/C26H21Cl2N3O6S/c1-3-37-16-8-9-19(27)21(12-16)29-26(33)18-11-15-6-4-5-7-17(15)24(25(18)32)31-30-22-13-23(38(34,35)36)14(2)10-20(22)28/h4-13,32H,3H2,1-2H3,(H,29,33)(H,34,35,36). The van der Waals surface area contributed by atoms with Crippen LogP contribution >= 0.6 is 23.2 Å². The van der Waals surface area contributed by atoms with Gasteiger partial charge < -0.3 is 15.2 Å². The van der Waals surface area contributed by atoms with Gasteiger partial charge in [-0.25, -0.2) is 0 Å². The Kier molecular flexibility index (Phi) is 7.89. The molecule has 0 aromatic heterocycles. The molecule has 0 aliphatic carbocycles. The maximum Gasteiger partial charge on any atom is 0.294 e. The van der Waals surface area contributed by atoms with E-state index in [9.17, 15) is 22.9 Å². The van der Waals surface area contributed by atoms with Crippen LogP contribution in [0.15, 0.2) is 75.8 Å². The van der Waals surface area contributed by atoms with Crippen LogP contribution in [0.1, 0.15) is 22.8 Å². The van der Waals surface area contributed by atoms with Gasteiger partial charge in [-0.3, -0.25) is 9.35 Å². The Hall–Kier alpha value is -3.70. The van der Waals surface area contributed by atoms with Crippen molar-refractivity contribution in [3.63, 3.8) is 0 Å². The Balaban J connectivity index is 1.79. The number of halogens is 2. The largest absolute Gasteiger partial charge is 0.505 e. The molecular formula is C26H21Cl2N3O6S. The highest BCUT2D eigenvalue weighted by Crippen LogP contribution is 2.41. The third-order valence-corrected chi connectivity index (χ3v) is 7.14. The molecule has 12 heteroatoms. The second kappa shape index (κ2) is 11.0. The number of nitrogens with one attached hydrogen (secondary N) is 1. The molecule has 0 aliphatic rings. The first-order chi connectivity index (χ1) is 18.0. The number of hydrogen-bond donors (Lipinski definition) is 3. The van der Waals surface area contributed by atoms with E-state index in [0.29, 0.717) is 23.1 Å². The van der Waals surface area contributed by atoms with E-state index in [4.69, 9.17) is 27.9 Å². The lowest BCUT2D eigenvalue weighted by Crippen LogP contribution is -2.12. The van der Waals surface area contributed by atoms with Gasteiger partial charge in [-0.15, -0.1) is 10.2 Å². The first-order valence-electron chi connectivity index (χ1n) is 11.2. The molecule has 0 atom stereocenters. The van der Waals surface area contributed by atoms with E-state index in [1.165, 1.54) is 19.1 Å². The molecule has 0 bridgehead atoms. The monoisotopic (exact) mass is 573 g/mol. The highest BCUT2D eigenvalue weighted by atomic mass is 35.5. The highest BCUT2D eigenvalue weighted by molar-refractivity contribution is 7.85. The lowest BCUT2D eigenvalue weighted by Gasteiger charge is -2.13. The van der Waals surface area contributed by atoms with Crippen molar-refractivity contribution in [2.45, 2.75) is 18.7 Å². The fraction of sp³-hybridized carbons (Fsp3) is 0.115. The molecule has 0 saturated carbocycles. The minimum atomic E-state index is -4.54. The van der Waals surface area contributed by atoms with Crippen molar-refractivity contribution in [2.24, 2.45) is 10.2 Å². The number of amides is 1. The second-order valence-corrected chi connectivity index (χ2v) is 10.3. The first kappa shape index (κ1) is 27.3. The summed E-state index contributed by atoms with van der Waals surface area (Å²) in [5, 5.41) is 23.3. The molecule has 0 heterocycles. The number of anilines is 1. The molecule has 4 aromatic rings. The molecule has 4 aromatic carbocycles. The summed E-state index contributed by atoms with van der Waals surface area (Å²) in [6, 6.07) is 15.6. The first-order valence-corrected chi connectivity index (χ1v) is 13.4. The molecule has 0 unspecified atom stereocenters. The summed E-state index contributed by atoms with van der Waals surface area (Å²) in [5.74, 6) is -0.633. The number of aryl methyl sites for hydroxylation is 1. The van der Waals surface area contributed by atoms with Crippen LogP contribution in [0.2, 0.25) is 10.0 Å². The van der Waals surface area contributed by atoms with Crippen LogP contribution in [0.25, 0.3) is 10.8 Å². The number of hydrogen-bond acceptors (Lipinski definition) is 7. The molecule has 0 aliphatic heterocycles. The summed E-state index contributed by atoms with van der Waals surface area (Å²) in [6.45, 7) is 3.71. The van der Waals surface area contributed by atoms with E-state index in [2.05, 4.69) is 15.5 Å². The van der Waals surface area contributed by atoms with Crippen LogP contribution in [0, 0.1) is 6.92 Å². The third-order valence-electron chi connectivity index (χ3n) is 5.52. The molecule has 196 valence electrons. The number of rotatable bonds is 7. The van der Waals surface area contributed by atoms with E-state index < -0.39 is 21.8 Å². The molecule has 0 radical (unpaired) electrons. The van der Waals surface area contributed by atoms with E-state index >= 15 is 0 Å². The smallest absolute Gasteiger partial charge is 0.294 e. The fourth-order valence-electron chi connectivity index (χ4n) is 3.74. The van der Waals surface area contributed by atoms with Crippen LogP contribution in [-0.2, 0) is 10.1 Å². The van der Waals surface area contributed by atoms with E-state index in [1.54, 1.807) is 42.5 Å². The van der Waals surface area contributed by atoms with Gasteiger partial charge in [0.1, 0.15) is 17.1 Å². The fourth-order valence-corrected chi connectivity index (χ4v) is 4.89. The summed E-state index contributed by atoms with van der Waals surface area (Å²) < 4.78 is 38.4. The van der Waals surface area contributed by atoms with Crippen molar-refractivity contribution in [3.8, 4) is 11.5 Å². The molecular weight excluding hydrogens is 553 g/mol. The van der Waals surface area contributed by atoms with Gasteiger partial charge >= 0.3 is 0 Å². The molecule has 0 spiro atoms. The number of azo groups is 1. The van der Waals surface area contributed by atoms with Gasteiger partial charge in [0.15, 0.2) is 5.75 Å². The zero-order valence-electron chi connectivity index (χ0n) is 20.1. The van der Waals surface area contributed by atoms with Gasteiger partial charge in [0.2, 0.25) is 0 Å². The predicted molar refractivity (Wildman–Crippen MR) is 146 cm³/mol. The van der Waals surface area contributed by atoms with Gasteiger partial charge in [0.05, 0.1) is 32.8 Å². The molecule has 0 saturated heterocycles. The lowest BCUT2D eigenvalue weighted by molar-refractivity contribution is 0.102. The SMILES string of the molecule is CCOc1ccc(Cl)c(NC(=O)c2cc3ccccc3c(N=Nc3cc(S(=O)(=O)O)c(C)cc3Cl)c2O)c1. The molecule has 9 nitrogen and oxygen atoms in total. The number of phenolic OH excluding ortho intramolecular Hbond substituents is 1. The molecule has 38 heavy (non-hydrogen) atoms. The number of carbonyl (C=O) groups excluding carboxylic acids is 1. The average Bonchev–Trinajstić information content (AvgIpc) is 2.85. The number of nitrogens with zero attached hydrogens (tertiary/aromatic N) is 2. The average molecular weight is 574 g/mol. The highest BCUT2D eigenvalue weighted by Gasteiger charge is 2.20. The minimum absolute atomic E-state index is 0.0486. The van der Waals surface area contributed by atoms with Crippen molar-refractivity contribution in [1.82, 2.24) is 0 Å². The quantitative estimate of drug-likeness (QED) is 0.155. The van der Waals surface area contributed by atoms with Crippen LogP contribution in [-0.4, -0.2) is 30.6 Å². The maximum atomic E-state index is 13.2. The third kappa shape index (κ3) is 5.73. The zero-order valence-corrected chi connectivity index (χ0v) is 22.4. The molecule has 4 rings (SSSR count). The zero-order chi connectivity index (χ0) is 27.6. The number of benzene rings is 4. The summed E-state index contributed by atoms with van der Waals surface area (Å²) in [4.78, 5) is 12.8. The van der Waals surface area contributed by atoms with E-state index in [1.807, 2.05) is 6.92 Å². The van der Waals surface area contributed by atoms with Crippen LogP contribution in [0.4, 0.5) is 17.1 Å². The van der Waals surface area contributed by atoms with Crippen LogP contribution in [0.3, 0.4) is 0 Å². The summed E-state index contributed by atoms with van der Waals surface area (Å²) in [7, 11) is -4.54. The Morgan fingerprint density at radius 1 is 1.03 bits per heavy atom. The number of ether oxygens (including phenoxy) is 1. The van der Waals surface area contributed by atoms with Gasteiger partial charge in [-0.1, -0.05) is 47.5 Å². The minimum Gasteiger partial charge on any atom is -0.505 e. The number of aromatic hydroxyl groups is 1. The number of carbonyl (C=O) groups is 1. The summed E-state index contributed by atoms with van der Waals surface area (Å²) in [5.41, 5.74) is 0.275. The Morgan fingerprint density at radius 2 is 1.76 bits per heavy atom. The van der Waals surface area contributed by atoms with Crippen molar-refractivity contribution >= 4 is 67.1 Å². The molecule has 3 N–H and O–H groups in total. The van der Waals surface area contributed by atoms with Crippen molar-refractivity contribution in [1.29, 1.82) is 0 Å². The summed E-state index contributed by atoms with van der Waals surface area (Å²) >= 11 is 12.5. The van der Waals surface area contributed by atoms with E-state index in [0.717, 1.165) is 6.07 Å². The van der Waals surface area contributed by atoms with Gasteiger partial charge in [0, 0.05) is 11.5 Å². The van der Waals surface area contributed by atoms with Gasteiger partial charge in [0.25, 0.3) is 16.0 Å². The summed E-state index contributed by atoms with van der Waals surface area (Å²) in [6.07, 6.45) is 0. The molecule has 0 fully saturated rings.